The van der Waals surface area contributed by atoms with E-state index in [2.05, 4.69) is 20.4 Å². The number of carbonyl (C=O) groups is 1. The Morgan fingerprint density at radius 2 is 2.27 bits per heavy atom. The Morgan fingerprint density at radius 1 is 1.67 bits per heavy atom. The van der Waals surface area contributed by atoms with E-state index in [0.29, 0.717) is 0 Å². The highest BCUT2D eigenvalue weighted by Crippen LogP contribution is 2.46. The third kappa shape index (κ3) is 2.40. The molecule has 1 saturated carbocycles. The Hall–Kier alpha value is -0.830. The van der Waals surface area contributed by atoms with Gasteiger partial charge in [-0.15, -0.1) is 0 Å². The minimum absolute atomic E-state index is 0.0219. The molecule has 0 radical (unpaired) electrons. The van der Waals surface area contributed by atoms with E-state index in [1.54, 1.807) is 7.11 Å². The zero-order valence-electron chi connectivity index (χ0n) is 9.75. The van der Waals surface area contributed by atoms with Crippen LogP contribution in [0.15, 0.2) is 12.2 Å². The van der Waals surface area contributed by atoms with E-state index in [9.17, 15) is 4.79 Å². The van der Waals surface area contributed by atoms with Gasteiger partial charge in [-0.1, -0.05) is 26.0 Å². The fraction of sp³-hybridized carbons (Fsp3) is 0.750. The summed E-state index contributed by atoms with van der Waals surface area (Å²) in [7, 11) is 1.69. The van der Waals surface area contributed by atoms with Gasteiger partial charge >= 0.3 is 5.97 Å². The topological polar surface area (TPSA) is 46.5 Å². The van der Waals surface area contributed by atoms with Gasteiger partial charge in [-0.3, -0.25) is 4.79 Å². The third-order valence-electron chi connectivity index (χ3n) is 3.61. The van der Waals surface area contributed by atoms with Crippen molar-refractivity contribution < 1.29 is 14.6 Å². The van der Waals surface area contributed by atoms with Crippen molar-refractivity contribution in [1.29, 1.82) is 0 Å². The maximum absolute atomic E-state index is 10.8. The van der Waals surface area contributed by atoms with Crippen LogP contribution < -0.4 is 0 Å². The van der Waals surface area contributed by atoms with Crippen LogP contribution in [0, 0.1) is 11.3 Å². The fourth-order valence-corrected chi connectivity index (χ4v) is 2.62. The molecule has 86 valence electrons. The average molecular weight is 212 g/mol. The van der Waals surface area contributed by atoms with Gasteiger partial charge in [-0.2, -0.15) is 0 Å². The molecule has 0 heterocycles. The monoisotopic (exact) mass is 212 g/mol. The normalized spacial score (nSPS) is 30.2. The summed E-state index contributed by atoms with van der Waals surface area (Å²) in [5, 5.41) is 8.89. The van der Waals surface area contributed by atoms with Crippen molar-refractivity contribution in [3.05, 3.63) is 12.2 Å². The van der Waals surface area contributed by atoms with E-state index in [1.165, 1.54) is 0 Å². The van der Waals surface area contributed by atoms with Crippen LogP contribution in [0.2, 0.25) is 0 Å². The maximum atomic E-state index is 10.8. The predicted octanol–water partition coefficient (Wildman–Crippen LogP) is 2.47. The maximum Gasteiger partial charge on any atom is 0.303 e. The Morgan fingerprint density at radius 3 is 2.73 bits per heavy atom. The number of hydrogen-bond donors (Lipinski definition) is 1. The minimum atomic E-state index is -0.758. The first-order valence-corrected chi connectivity index (χ1v) is 5.31. The van der Waals surface area contributed by atoms with E-state index in [-0.39, 0.29) is 23.9 Å². The molecule has 0 spiro atoms. The van der Waals surface area contributed by atoms with Gasteiger partial charge in [0.1, 0.15) is 0 Å². The summed E-state index contributed by atoms with van der Waals surface area (Å²) in [5.41, 5.74) is 0.915. The van der Waals surface area contributed by atoms with Gasteiger partial charge in [0.25, 0.3) is 0 Å². The third-order valence-corrected chi connectivity index (χ3v) is 3.61. The van der Waals surface area contributed by atoms with Gasteiger partial charge in [-0.25, -0.2) is 0 Å². The molecule has 0 aromatic rings. The number of rotatable bonds is 3. The number of carboxylic acid groups (broad SMARTS) is 1. The Kier molecular flexibility index (Phi) is 3.55. The molecule has 0 aromatic heterocycles. The second-order valence-electron chi connectivity index (χ2n) is 4.89. The smallest absolute Gasteiger partial charge is 0.303 e. The first-order valence-electron chi connectivity index (χ1n) is 5.31. The highest BCUT2D eigenvalue weighted by Gasteiger charge is 2.43. The molecule has 1 rings (SSSR count). The summed E-state index contributed by atoms with van der Waals surface area (Å²) >= 11 is 0. The molecule has 3 nitrogen and oxygen atoms in total. The highest BCUT2D eigenvalue weighted by atomic mass is 16.5. The van der Waals surface area contributed by atoms with E-state index >= 15 is 0 Å². The number of methoxy groups -OCH3 is 1. The molecule has 2 atom stereocenters. The lowest BCUT2D eigenvalue weighted by atomic mass is 9.64. The summed E-state index contributed by atoms with van der Waals surface area (Å²) in [6.45, 7) is 8.13. The van der Waals surface area contributed by atoms with Crippen molar-refractivity contribution in [2.45, 2.75) is 39.2 Å². The number of hydrogen-bond acceptors (Lipinski definition) is 2. The molecule has 2 unspecified atom stereocenters. The molecule has 15 heavy (non-hydrogen) atoms. The van der Waals surface area contributed by atoms with Crippen molar-refractivity contribution in [1.82, 2.24) is 0 Å². The quantitative estimate of drug-likeness (QED) is 0.731. The van der Waals surface area contributed by atoms with Gasteiger partial charge < -0.3 is 9.84 Å². The molecule has 0 bridgehead atoms. The van der Waals surface area contributed by atoms with Gasteiger partial charge in [0.2, 0.25) is 0 Å². The molecule has 0 aromatic carbocycles. The summed E-state index contributed by atoms with van der Waals surface area (Å²) in [5.74, 6) is -0.736. The zero-order chi connectivity index (χ0) is 11.6. The van der Waals surface area contributed by atoms with Gasteiger partial charge in [0, 0.05) is 7.11 Å². The van der Waals surface area contributed by atoms with Crippen LogP contribution in [-0.4, -0.2) is 24.3 Å². The molecular weight excluding hydrogens is 192 g/mol. The van der Waals surface area contributed by atoms with Crippen molar-refractivity contribution in [2.75, 3.05) is 7.11 Å². The van der Waals surface area contributed by atoms with Crippen LogP contribution in [-0.2, 0) is 9.53 Å². The van der Waals surface area contributed by atoms with Crippen LogP contribution in [0.5, 0.6) is 0 Å². The lowest BCUT2D eigenvalue weighted by Gasteiger charge is -2.45. The number of allylic oxidation sites excluding steroid dienone is 1. The molecular formula is C12H20O3. The molecule has 3 heteroatoms. The number of ether oxygens (including phenoxy) is 1. The van der Waals surface area contributed by atoms with Crippen LogP contribution >= 0.6 is 0 Å². The summed E-state index contributed by atoms with van der Waals surface area (Å²) in [4.78, 5) is 10.8. The number of carboxylic acids is 1. The van der Waals surface area contributed by atoms with Crippen molar-refractivity contribution in [3.8, 4) is 0 Å². The van der Waals surface area contributed by atoms with E-state index in [4.69, 9.17) is 9.84 Å². The molecule has 0 aliphatic heterocycles. The van der Waals surface area contributed by atoms with Gasteiger partial charge in [-0.05, 0) is 24.2 Å². The Bertz CT molecular complexity index is 268. The number of aliphatic carboxylic acids is 1. The summed E-state index contributed by atoms with van der Waals surface area (Å²) in [6.07, 6.45) is 2.11. The molecule has 0 saturated heterocycles. The van der Waals surface area contributed by atoms with Crippen LogP contribution in [0.3, 0.4) is 0 Å². The van der Waals surface area contributed by atoms with Gasteiger partial charge in [0.15, 0.2) is 0 Å². The lowest BCUT2D eigenvalue weighted by Crippen LogP contribution is -2.43. The Labute approximate surface area is 91.1 Å². The SMILES string of the molecule is C=C1CCC(OC)C(C)(C)C1CC(=O)O. The molecule has 0 amide bonds. The van der Waals surface area contributed by atoms with Crippen LogP contribution in [0.4, 0.5) is 0 Å². The van der Waals surface area contributed by atoms with E-state index < -0.39 is 5.97 Å². The second-order valence-corrected chi connectivity index (χ2v) is 4.89. The second kappa shape index (κ2) is 4.35. The fourth-order valence-electron chi connectivity index (χ4n) is 2.62. The first-order chi connectivity index (χ1) is 6.89. The standard InChI is InChI=1S/C12H20O3/c1-8-5-6-10(15-4)12(2,3)9(8)7-11(13)14/h9-10H,1,5-7H2,2-4H3,(H,13,14). The van der Waals surface area contributed by atoms with Crippen LogP contribution in [0.25, 0.3) is 0 Å². The average Bonchev–Trinajstić information content (AvgIpc) is 2.12. The molecule has 1 fully saturated rings. The van der Waals surface area contributed by atoms with Crippen LogP contribution in [0.1, 0.15) is 33.1 Å². The summed E-state index contributed by atoms with van der Waals surface area (Å²) in [6, 6.07) is 0. The Balaban J connectivity index is 2.87. The van der Waals surface area contributed by atoms with E-state index in [0.717, 1.165) is 18.4 Å². The van der Waals surface area contributed by atoms with Crippen molar-refractivity contribution >= 4 is 5.97 Å². The molecule has 1 aliphatic carbocycles. The minimum Gasteiger partial charge on any atom is -0.481 e. The molecule has 1 N–H and O–H groups in total. The highest BCUT2D eigenvalue weighted by molar-refractivity contribution is 5.67. The lowest BCUT2D eigenvalue weighted by molar-refractivity contribution is -0.140. The van der Waals surface area contributed by atoms with Gasteiger partial charge in [0.05, 0.1) is 12.5 Å². The summed E-state index contributed by atoms with van der Waals surface area (Å²) < 4.78 is 5.43. The van der Waals surface area contributed by atoms with E-state index in [1.807, 2.05) is 0 Å². The predicted molar refractivity (Wildman–Crippen MR) is 58.7 cm³/mol. The van der Waals surface area contributed by atoms with Crippen molar-refractivity contribution in [2.24, 2.45) is 11.3 Å². The largest absolute Gasteiger partial charge is 0.481 e. The molecule has 1 aliphatic rings. The first kappa shape index (κ1) is 12.2. The zero-order valence-corrected chi connectivity index (χ0v) is 9.75. The van der Waals surface area contributed by atoms with Crippen molar-refractivity contribution in [3.63, 3.8) is 0 Å².